The molecular weight excluding hydrogens is 314 g/mol. The summed E-state index contributed by atoms with van der Waals surface area (Å²) in [6.07, 6.45) is 1.67. The van der Waals surface area contributed by atoms with Crippen LogP contribution in [0.3, 0.4) is 0 Å². The van der Waals surface area contributed by atoms with E-state index in [1.807, 2.05) is 0 Å². The second kappa shape index (κ2) is 6.37. The van der Waals surface area contributed by atoms with Gasteiger partial charge in [-0.3, -0.25) is 19.0 Å². The Morgan fingerprint density at radius 1 is 1.39 bits per heavy atom. The van der Waals surface area contributed by atoms with Gasteiger partial charge >= 0.3 is 0 Å². The van der Waals surface area contributed by atoms with E-state index < -0.39 is 0 Å². The maximum absolute atomic E-state index is 12.2. The van der Waals surface area contributed by atoms with Crippen molar-refractivity contribution in [2.75, 3.05) is 11.1 Å². The molecule has 118 valence electrons. The maximum atomic E-state index is 12.2. The third-order valence-electron chi connectivity index (χ3n) is 3.59. The van der Waals surface area contributed by atoms with Crippen LogP contribution < -0.4 is 10.9 Å². The molecule has 1 aromatic carbocycles. The third-order valence-corrected chi connectivity index (χ3v) is 4.70. The van der Waals surface area contributed by atoms with Crippen molar-refractivity contribution in [3.63, 3.8) is 0 Å². The van der Waals surface area contributed by atoms with Crippen molar-refractivity contribution in [1.82, 2.24) is 9.55 Å². The molecule has 0 fully saturated rings. The first kappa shape index (κ1) is 15.5. The van der Waals surface area contributed by atoms with E-state index in [0.717, 1.165) is 0 Å². The van der Waals surface area contributed by atoms with Crippen molar-refractivity contribution < 1.29 is 9.59 Å². The van der Waals surface area contributed by atoms with E-state index in [-0.39, 0.29) is 29.7 Å². The quantitative estimate of drug-likeness (QED) is 0.686. The zero-order chi connectivity index (χ0) is 16.4. The number of nitrogens with one attached hydrogen (secondary N) is 1. The first-order chi connectivity index (χ1) is 11.0. The molecule has 0 saturated carbocycles. The fourth-order valence-electron chi connectivity index (χ4n) is 2.48. The van der Waals surface area contributed by atoms with Crippen molar-refractivity contribution in [3.05, 3.63) is 52.4 Å². The van der Waals surface area contributed by atoms with E-state index in [9.17, 15) is 14.4 Å². The van der Waals surface area contributed by atoms with Crippen LogP contribution in [0, 0.1) is 0 Å². The summed E-state index contributed by atoms with van der Waals surface area (Å²) in [7, 11) is 0. The molecule has 0 saturated heterocycles. The summed E-state index contributed by atoms with van der Waals surface area (Å²) in [6.45, 7) is 1.48. The van der Waals surface area contributed by atoms with Gasteiger partial charge in [0, 0.05) is 35.7 Å². The summed E-state index contributed by atoms with van der Waals surface area (Å²) in [5, 5.41) is 3.43. The van der Waals surface area contributed by atoms with Crippen LogP contribution in [-0.4, -0.2) is 27.0 Å². The van der Waals surface area contributed by atoms with Gasteiger partial charge in [-0.2, -0.15) is 0 Å². The van der Waals surface area contributed by atoms with Crippen LogP contribution in [0.5, 0.6) is 0 Å². The highest BCUT2D eigenvalue weighted by atomic mass is 32.2. The molecule has 1 amide bonds. The second-order valence-electron chi connectivity index (χ2n) is 5.29. The molecule has 2 aromatic rings. The van der Waals surface area contributed by atoms with E-state index >= 15 is 0 Å². The van der Waals surface area contributed by atoms with Gasteiger partial charge < -0.3 is 5.32 Å². The zero-order valence-corrected chi connectivity index (χ0v) is 13.3. The zero-order valence-electron chi connectivity index (χ0n) is 12.5. The van der Waals surface area contributed by atoms with E-state index in [2.05, 4.69) is 10.3 Å². The number of rotatable bonds is 4. The van der Waals surface area contributed by atoms with Crippen molar-refractivity contribution >= 4 is 29.1 Å². The molecule has 1 atom stereocenters. The fourth-order valence-corrected chi connectivity index (χ4v) is 3.60. The largest absolute Gasteiger partial charge is 0.326 e. The fraction of sp³-hybridized carbons (Fsp3) is 0.250. The van der Waals surface area contributed by atoms with Crippen LogP contribution in [0.4, 0.5) is 5.69 Å². The van der Waals surface area contributed by atoms with Crippen LogP contribution in [0.25, 0.3) is 0 Å². The van der Waals surface area contributed by atoms with Crippen molar-refractivity contribution in [2.24, 2.45) is 0 Å². The molecule has 1 N–H and O–H groups in total. The predicted molar refractivity (Wildman–Crippen MR) is 88.0 cm³/mol. The molecule has 1 aliphatic rings. The third kappa shape index (κ3) is 3.34. The SMILES string of the molecule is CC(=O)c1cccc(NC(=O)C[C@@H]2CSc3nccc(=O)n32)c1. The van der Waals surface area contributed by atoms with Gasteiger partial charge in [-0.05, 0) is 19.1 Å². The maximum Gasteiger partial charge on any atom is 0.254 e. The van der Waals surface area contributed by atoms with Gasteiger partial charge in [0.2, 0.25) is 5.91 Å². The first-order valence-electron chi connectivity index (χ1n) is 7.16. The Bertz CT molecular complexity index is 831. The Morgan fingerprint density at radius 3 is 3.00 bits per heavy atom. The van der Waals surface area contributed by atoms with Crippen molar-refractivity contribution in [3.8, 4) is 0 Å². The summed E-state index contributed by atoms with van der Waals surface area (Å²) in [5.41, 5.74) is 0.980. The average molecular weight is 329 g/mol. The topological polar surface area (TPSA) is 81.1 Å². The Morgan fingerprint density at radius 2 is 2.22 bits per heavy atom. The van der Waals surface area contributed by atoms with Crippen LogP contribution >= 0.6 is 11.8 Å². The summed E-state index contributed by atoms with van der Waals surface area (Å²) < 4.78 is 1.57. The average Bonchev–Trinajstić information content (AvgIpc) is 2.91. The lowest BCUT2D eigenvalue weighted by Crippen LogP contribution is -2.26. The van der Waals surface area contributed by atoms with Crippen LogP contribution in [0.2, 0.25) is 0 Å². The molecule has 2 heterocycles. The molecule has 0 aliphatic carbocycles. The van der Waals surface area contributed by atoms with Gasteiger partial charge in [-0.1, -0.05) is 23.9 Å². The molecule has 3 rings (SSSR count). The predicted octanol–water partition coefficient (Wildman–Crippen LogP) is 2.12. The standard InChI is InChI=1S/C16H15N3O3S/c1-10(20)11-3-2-4-12(7-11)18-14(21)8-13-9-23-16-17-6-5-15(22)19(13)16/h2-7,13H,8-9H2,1H3,(H,18,21)/t13-/m1/s1. The van der Waals surface area contributed by atoms with Crippen molar-refractivity contribution in [1.29, 1.82) is 0 Å². The van der Waals surface area contributed by atoms with Crippen LogP contribution in [0.1, 0.15) is 29.7 Å². The number of carbonyl (C=O) groups excluding carboxylic acids is 2. The van der Waals surface area contributed by atoms with E-state index in [0.29, 0.717) is 22.2 Å². The number of ketones is 1. The highest BCUT2D eigenvalue weighted by molar-refractivity contribution is 7.99. The van der Waals surface area contributed by atoms with Gasteiger partial charge in [0.05, 0.1) is 6.04 Å². The number of amides is 1. The summed E-state index contributed by atoms with van der Waals surface area (Å²) in [4.78, 5) is 39.7. The Kier molecular flexibility index (Phi) is 4.29. The van der Waals surface area contributed by atoms with E-state index in [1.54, 1.807) is 28.8 Å². The molecule has 1 aliphatic heterocycles. The Labute approximate surface area is 136 Å². The second-order valence-corrected chi connectivity index (χ2v) is 6.28. The number of thioether (sulfide) groups is 1. The monoisotopic (exact) mass is 329 g/mol. The smallest absolute Gasteiger partial charge is 0.254 e. The number of aromatic nitrogens is 2. The van der Waals surface area contributed by atoms with E-state index in [1.165, 1.54) is 30.9 Å². The first-order valence-corrected chi connectivity index (χ1v) is 8.14. The summed E-state index contributed by atoms with van der Waals surface area (Å²) in [5.74, 6) is 0.396. The van der Waals surface area contributed by atoms with E-state index in [4.69, 9.17) is 0 Å². The molecular formula is C16H15N3O3S. The van der Waals surface area contributed by atoms with Crippen LogP contribution in [-0.2, 0) is 4.79 Å². The Balaban J connectivity index is 1.71. The molecule has 0 unspecified atom stereocenters. The number of hydrogen-bond donors (Lipinski definition) is 1. The van der Waals surface area contributed by atoms with Crippen molar-refractivity contribution in [2.45, 2.75) is 24.5 Å². The highest BCUT2D eigenvalue weighted by Gasteiger charge is 2.26. The molecule has 1 aromatic heterocycles. The van der Waals surface area contributed by atoms with Gasteiger partial charge in [-0.25, -0.2) is 4.98 Å². The molecule has 0 bridgehead atoms. The minimum atomic E-state index is -0.202. The Hall–Kier alpha value is -2.41. The minimum Gasteiger partial charge on any atom is -0.326 e. The lowest BCUT2D eigenvalue weighted by atomic mass is 10.1. The molecule has 23 heavy (non-hydrogen) atoms. The van der Waals surface area contributed by atoms with Gasteiger partial charge in [0.15, 0.2) is 10.9 Å². The summed E-state index contributed by atoms with van der Waals surface area (Å²) in [6, 6.07) is 8.00. The van der Waals surface area contributed by atoms with Gasteiger partial charge in [0.1, 0.15) is 0 Å². The number of fused-ring (bicyclic) bond motifs is 1. The molecule has 0 spiro atoms. The number of anilines is 1. The summed E-state index contributed by atoms with van der Waals surface area (Å²) >= 11 is 1.47. The number of hydrogen-bond acceptors (Lipinski definition) is 5. The number of carbonyl (C=O) groups is 2. The molecule has 7 heteroatoms. The lowest BCUT2D eigenvalue weighted by molar-refractivity contribution is -0.116. The van der Waals surface area contributed by atoms with Gasteiger partial charge in [0.25, 0.3) is 5.56 Å². The molecule has 0 radical (unpaired) electrons. The number of Topliss-reactive ketones (excluding diaryl/α,β-unsaturated/α-hetero) is 1. The van der Waals surface area contributed by atoms with Crippen LogP contribution in [0.15, 0.2) is 46.5 Å². The lowest BCUT2D eigenvalue weighted by Gasteiger charge is -2.13. The molecule has 6 nitrogen and oxygen atoms in total. The van der Waals surface area contributed by atoms with Gasteiger partial charge in [-0.15, -0.1) is 0 Å². The minimum absolute atomic E-state index is 0.0557. The number of benzene rings is 1. The normalized spacial score (nSPS) is 16.0. The number of nitrogens with zero attached hydrogens (tertiary/aromatic N) is 2. The highest BCUT2D eigenvalue weighted by Crippen LogP contribution is 2.31.